The Balaban J connectivity index is 1.59. The van der Waals surface area contributed by atoms with Crippen molar-refractivity contribution >= 4 is 40.9 Å². The molecule has 1 amide bonds. The van der Waals surface area contributed by atoms with Crippen LogP contribution in [0, 0.1) is 0 Å². The van der Waals surface area contributed by atoms with Crippen LogP contribution >= 0.6 is 23.4 Å². The van der Waals surface area contributed by atoms with Crippen LogP contribution in [0.15, 0.2) is 58.2 Å². The molecule has 9 heteroatoms. The molecule has 0 atom stereocenters. The zero-order valence-electron chi connectivity index (χ0n) is 14.1. The molecule has 0 unspecified atom stereocenters. The molecule has 2 aromatic carbocycles. The minimum atomic E-state index is -0.474. The van der Waals surface area contributed by atoms with Crippen LogP contribution in [0.4, 0.5) is 5.69 Å². The van der Waals surface area contributed by atoms with Gasteiger partial charge in [0.2, 0.25) is 11.8 Å². The Morgan fingerprint density at radius 1 is 1.19 bits per heavy atom. The summed E-state index contributed by atoms with van der Waals surface area (Å²) in [6, 6.07) is 13.6. The molecule has 1 N–H and O–H groups in total. The molecule has 3 aromatic rings. The van der Waals surface area contributed by atoms with Gasteiger partial charge in [-0.25, -0.2) is 4.79 Å². The van der Waals surface area contributed by atoms with Gasteiger partial charge in [0.05, 0.1) is 29.0 Å². The highest BCUT2D eigenvalue weighted by Crippen LogP contribution is 2.28. The Hall–Kier alpha value is -2.84. The van der Waals surface area contributed by atoms with Crippen LogP contribution in [0.1, 0.15) is 10.4 Å². The molecular formula is C18H14ClN3O4S. The van der Waals surface area contributed by atoms with E-state index < -0.39 is 5.97 Å². The van der Waals surface area contributed by atoms with Gasteiger partial charge in [-0.3, -0.25) is 4.79 Å². The number of benzene rings is 2. The van der Waals surface area contributed by atoms with Gasteiger partial charge in [-0.15, -0.1) is 10.2 Å². The smallest absolute Gasteiger partial charge is 0.337 e. The lowest BCUT2D eigenvalue weighted by Crippen LogP contribution is -2.14. The Bertz CT molecular complexity index is 977. The second kappa shape index (κ2) is 8.70. The van der Waals surface area contributed by atoms with E-state index in [2.05, 4.69) is 20.3 Å². The van der Waals surface area contributed by atoms with E-state index in [-0.39, 0.29) is 22.8 Å². The fourth-order valence-corrected chi connectivity index (χ4v) is 2.96. The Kier molecular flexibility index (Phi) is 6.10. The molecule has 0 aliphatic rings. The van der Waals surface area contributed by atoms with E-state index >= 15 is 0 Å². The summed E-state index contributed by atoms with van der Waals surface area (Å²) >= 11 is 7.20. The predicted octanol–water partition coefficient (Wildman–Crippen LogP) is 3.91. The van der Waals surface area contributed by atoms with Crippen molar-refractivity contribution in [3.63, 3.8) is 0 Å². The number of halogens is 1. The number of methoxy groups -OCH3 is 1. The predicted molar refractivity (Wildman–Crippen MR) is 102 cm³/mol. The number of hydrogen-bond donors (Lipinski definition) is 1. The zero-order chi connectivity index (χ0) is 19.2. The minimum absolute atomic E-state index is 0.0621. The lowest BCUT2D eigenvalue weighted by atomic mass is 10.2. The Morgan fingerprint density at radius 2 is 2.00 bits per heavy atom. The molecule has 1 heterocycles. The maximum absolute atomic E-state index is 12.1. The zero-order valence-corrected chi connectivity index (χ0v) is 15.7. The minimum Gasteiger partial charge on any atom is -0.465 e. The van der Waals surface area contributed by atoms with Crippen LogP contribution in [0.25, 0.3) is 11.5 Å². The summed E-state index contributed by atoms with van der Waals surface area (Å²) in [4.78, 5) is 23.6. The number of thioether (sulfide) groups is 1. The molecule has 138 valence electrons. The van der Waals surface area contributed by atoms with Crippen molar-refractivity contribution in [1.29, 1.82) is 0 Å². The quantitative estimate of drug-likeness (QED) is 0.492. The molecule has 0 spiro atoms. The van der Waals surface area contributed by atoms with Crippen molar-refractivity contribution in [2.75, 3.05) is 18.2 Å². The summed E-state index contributed by atoms with van der Waals surface area (Å²) in [5, 5.41) is 11.3. The van der Waals surface area contributed by atoms with E-state index in [1.54, 1.807) is 36.4 Å². The van der Waals surface area contributed by atoms with Crippen molar-refractivity contribution in [3.8, 4) is 11.5 Å². The van der Waals surface area contributed by atoms with Crippen LogP contribution < -0.4 is 5.32 Å². The van der Waals surface area contributed by atoms with Crippen molar-refractivity contribution in [2.45, 2.75) is 5.22 Å². The topological polar surface area (TPSA) is 94.3 Å². The number of nitrogens with zero attached hydrogens (tertiary/aromatic N) is 2. The molecule has 0 saturated carbocycles. The average molecular weight is 404 g/mol. The molecule has 7 nitrogen and oxygen atoms in total. The summed E-state index contributed by atoms with van der Waals surface area (Å²) < 4.78 is 10.2. The number of carbonyl (C=O) groups excluding carboxylic acids is 2. The Morgan fingerprint density at radius 3 is 2.78 bits per heavy atom. The summed E-state index contributed by atoms with van der Waals surface area (Å²) in [7, 11) is 1.30. The van der Waals surface area contributed by atoms with Gasteiger partial charge in [-0.2, -0.15) is 0 Å². The van der Waals surface area contributed by atoms with Crippen molar-refractivity contribution in [3.05, 3.63) is 59.1 Å². The first-order chi connectivity index (χ1) is 13.1. The van der Waals surface area contributed by atoms with Crippen LogP contribution in [-0.2, 0) is 9.53 Å². The van der Waals surface area contributed by atoms with Gasteiger partial charge >= 0.3 is 5.97 Å². The van der Waals surface area contributed by atoms with Crippen LogP contribution in [0.2, 0.25) is 5.02 Å². The number of rotatable bonds is 6. The molecular weight excluding hydrogens is 390 g/mol. The maximum Gasteiger partial charge on any atom is 0.337 e. The van der Waals surface area contributed by atoms with E-state index in [9.17, 15) is 9.59 Å². The first-order valence-electron chi connectivity index (χ1n) is 7.76. The third-order valence-corrected chi connectivity index (χ3v) is 4.55. The van der Waals surface area contributed by atoms with E-state index in [0.29, 0.717) is 21.8 Å². The normalized spacial score (nSPS) is 10.4. The second-order valence-corrected chi connectivity index (χ2v) is 6.60. The molecule has 0 bridgehead atoms. The Labute approximate surface area is 164 Å². The van der Waals surface area contributed by atoms with Crippen molar-refractivity contribution in [1.82, 2.24) is 10.2 Å². The average Bonchev–Trinajstić information content (AvgIpc) is 3.15. The van der Waals surface area contributed by atoms with Crippen molar-refractivity contribution in [2.24, 2.45) is 0 Å². The van der Waals surface area contributed by atoms with Gasteiger partial charge < -0.3 is 14.5 Å². The van der Waals surface area contributed by atoms with Crippen LogP contribution in [0.5, 0.6) is 0 Å². The number of nitrogens with one attached hydrogen (secondary N) is 1. The lowest BCUT2D eigenvalue weighted by molar-refractivity contribution is -0.113. The van der Waals surface area contributed by atoms with Gasteiger partial charge in [0.1, 0.15) is 0 Å². The van der Waals surface area contributed by atoms with Crippen LogP contribution in [0.3, 0.4) is 0 Å². The van der Waals surface area contributed by atoms with E-state index in [0.717, 1.165) is 11.8 Å². The highest BCUT2D eigenvalue weighted by Gasteiger charge is 2.14. The molecule has 3 rings (SSSR count). The summed E-state index contributed by atoms with van der Waals surface area (Å²) in [5.41, 5.74) is 1.47. The van der Waals surface area contributed by atoms with Gasteiger partial charge in [0.15, 0.2) is 0 Å². The third-order valence-electron chi connectivity index (χ3n) is 3.40. The lowest BCUT2D eigenvalue weighted by Gasteiger charge is -2.05. The molecule has 0 aliphatic carbocycles. The number of carbonyl (C=O) groups is 2. The van der Waals surface area contributed by atoms with Gasteiger partial charge in [0.25, 0.3) is 5.22 Å². The largest absolute Gasteiger partial charge is 0.465 e. The van der Waals surface area contributed by atoms with Crippen molar-refractivity contribution < 1.29 is 18.7 Å². The summed E-state index contributed by atoms with van der Waals surface area (Å²) in [5.74, 6) is -0.403. The first-order valence-corrected chi connectivity index (χ1v) is 9.12. The standard InChI is InChI=1S/C18H14ClN3O4S/c1-25-17(24)11-5-4-6-12(9-11)20-15(23)10-27-18-22-21-16(26-18)13-7-2-3-8-14(13)19/h2-9H,10H2,1H3,(H,20,23). The molecule has 0 saturated heterocycles. The highest BCUT2D eigenvalue weighted by atomic mass is 35.5. The van der Waals surface area contributed by atoms with Crippen LogP contribution in [-0.4, -0.2) is 34.9 Å². The molecule has 1 aromatic heterocycles. The molecule has 0 aliphatic heterocycles. The number of esters is 1. The highest BCUT2D eigenvalue weighted by molar-refractivity contribution is 7.99. The van der Waals surface area contributed by atoms with Gasteiger partial charge in [-0.05, 0) is 30.3 Å². The van der Waals surface area contributed by atoms with Gasteiger partial charge in [-0.1, -0.05) is 41.6 Å². The number of aromatic nitrogens is 2. The number of hydrogen-bond acceptors (Lipinski definition) is 7. The monoisotopic (exact) mass is 403 g/mol. The molecule has 0 fully saturated rings. The fraction of sp³-hybridized carbons (Fsp3) is 0.111. The first kappa shape index (κ1) is 18.9. The number of anilines is 1. The van der Waals surface area contributed by atoms with Gasteiger partial charge in [0, 0.05) is 5.69 Å². The summed E-state index contributed by atoms with van der Waals surface area (Å²) in [6.45, 7) is 0. The van der Waals surface area contributed by atoms with E-state index in [4.69, 9.17) is 16.0 Å². The SMILES string of the molecule is COC(=O)c1cccc(NC(=O)CSc2nnc(-c3ccccc3Cl)o2)c1. The third kappa shape index (κ3) is 4.87. The maximum atomic E-state index is 12.1. The fourth-order valence-electron chi connectivity index (χ4n) is 2.18. The summed E-state index contributed by atoms with van der Waals surface area (Å²) in [6.07, 6.45) is 0. The molecule has 27 heavy (non-hydrogen) atoms. The second-order valence-electron chi connectivity index (χ2n) is 5.26. The van der Waals surface area contributed by atoms with E-state index in [1.165, 1.54) is 13.2 Å². The van der Waals surface area contributed by atoms with E-state index in [1.807, 2.05) is 6.07 Å². The molecule has 0 radical (unpaired) electrons. The number of amides is 1. The number of ether oxygens (including phenoxy) is 1.